The van der Waals surface area contributed by atoms with Gasteiger partial charge in [-0.25, -0.2) is 5.01 Å². The van der Waals surface area contributed by atoms with E-state index >= 15 is 0 Å². The normalized spacial score (nSPS) is 10.3. The molecular formula is C21H26N2O3. The Kier molecular flexibility index (Phi) is 8.19. The highest BCUT2D eigenvalue weighted by Crippen LogP contribution is 2.18. The Morgan fingerprint density at radius 2 is 1.31 bits per heavy atom. The van der Waals surface area contributed by atoms with E-state index in [1.165, 1.54) is 0 Å². The fourth-order valence-corrected chi connectivity index (χ4v) is 2.68. The smallest absolute Gasteiger partial charge is 0.303 e. The highest BCUT2D eigenvalue weighted by Gasteiger charge is 2.15. The highest BCUT2D eigenvalue weighted by atomic mass is 16.4. The maximum absolute atomic E-state index is 12.7. The SMILES string of the molecule is O=C(O)CCCCCCCC(=O)N(Nc1ccccc1)c1ccccc1. The van der Waals surface area contributed by atoms with Gasteiger partial charge in [0, 0.05) is 12.8 Å². The van der Waals surface area contributed by atoms with Crippen molar-refractivity contribution in [1.29, 1.82) is 0 Å². The molecule has 0 aliphatic heterocycles. The molecular weight excluding hydrogens is 328 g/mol. The van der Waals surface area contributed by atoms with Crippen molar-refractivity contribution in [2.24, 2.45) is 0 Å². The molecule has 0 atom stereocenters. The number of nitrogens with one attached hydrogen (secondary N) is 1. The van der Waals surface area contributed by atoms with Gasteiger partial charge in [0.1, 0.15) is 0 Å². The summed E-state index contributed by atoms with van der Waals surface area (Å²) in [5.41, 5.74) is 4.86. The fourth-order valence-electron chi connectivity index (χ4n) is 2.68. The number of carbonyl (C=O) groups excluding carboxylic acids is 1. The van der Waals surface area contributed by atoms with Crippen LogP contribution < -0.4 is 10.4 Å². The molecule has 0 saturated carbocycles. The van der Waals surface area contributed by atoms with Crippen LogP contribution in [0.4, 0.5) is 11.4 Å². The largest absolute Gasteiger partial charge is 0.481 e. The Labute approximate surface area is 154 Å². The van der Waals surface area contributed by atoms with E-state index in [0.29, 0.717) is 12.8 Å². The number of carboxylic acid groups (broad SMARTS) is 1. The molecule has 0 aromatic heterocycles. The van der Waals surface area contributed by atoms with Gasteiger partial charge in [-0.1, -0.05) is 55.7 Å². The minimum absolute atomic E-state index is 0.0191. The third kappa shape index (κ3) is 6.97. The molecule has 1 amide bonds. The predicted octanol–water partition coefficient (Wildman–Crippen LogP) is 4.86. The van der Waals surface area contributed by atoms with Gasteiger partial charge in [-0.3, -0.25) is 15.0 Å². The van der Waals surface area contributed by atoms with Gasteiger partial charge < -0.3 is 5.11 Å². The van der Waals surface area contributed by atoms with Crippen molar-refractivity contribution in [3.05, 3.63) is 60.7 Å². The van der Waals surface area contributed by atoms with E-state index in [1.807, 2.05) is 60.7 Å². The Morgan fingerprint density at radius 3 is 1.92 bits per heavy atom. The number of aliphatic carboxylic acids is 1. The van der Waals surface area contributed by atoms with Gasteiger partial charge in [0.15, 0.2) is 0 Å². The average molecular weight is 354 g/mol. The number of para-hydroxylation sites is 2. The minimum atomic E-state index is -0.745. The molecule has 0 spiro atoms. The molecule has 0 heterocycles. The van der Waals surface area contributed by atoms with E-state index in [2.05, 4.69) is 5.43 Å². The molecule has 0 saturated heterocycles. The molecule has 2 aromatic carbocycles. The summed E-state index contributed by atoms with van der Waals surface area (Å²) in [6.07, 6.45) is 4.96. The van der Waals surface area contributed by atoms with Crippen molar-refractivity contribution < 1.29 is 14.7 Å². The molecule has 5 nitrogen and oxygen atoms in total. The number of unbranched alkanes of at least 4 members (excludes halogenated alkanes) is 4. The van der Waals surface area contributed by atoms with Crippen LogP contribution in [0.5, 0.6) is 0 Å². The fraction of sp³-hybridized carbons (Fsp3) is 0.333. The Bertz CT molecular complexity index is 674. The molecule has 0 unspecified atom stereocenters. The summed E-state index contributed by atoms with van der Waals surface area (Å²) in [5, 5.41) is 10.2. The van der Waals surface area contributed by atoms with E-state index in [0.717, 1.165) is 37.1 Å². The summed E-state index contributed by atoms with van der Waals surface area (Å²) in [4.78, 5) is 23.2. The van der Waals surface area contributed by atoms with Gasteiger partial charge in [0.2, 0.25) is 5.91 Å². The van der Waals surface area contributed by atoms with Crippen LogP contribution >= 0.6 is 0 Å². The van der Waals surface area contributed by atoms with Gasteiger partial charge in [-0.2, -0.15) is 0 Å². The highest BCUT2D eigenvalue weighted by molar-refractivity contribution is 5.95. The first kappa shape index (κ1) is 19.5. The quantitative estimate of drug-likeness (QED) is 0.446. The second-order valence-corrected chi connectivity index (χ2v) is 6.20. The minimum Gasteiger partial charge on any atom is -0.481 e. The van der Waals surface area contributed by atoms with Crippen molar-refractivity contribution in [1.82, 2.24) is 0 Å². The lowest BCUT2D eigenvalue weighted by Crippen LogP contribution is -2.36. The zero-order valence-electron chi connectivity index (χ0n) is 14.9. The third-order valence-corrected chi connectivity index (χ3v) is 4.06. The summed E-state index contributed by atoms with van der Waals surface area (Å²) in [5.74, 6) is -0.726. The Hall–Kier alpha value is -2.82. The van der Waals surface area contributed by atoms with Gasteiger partial charge >= 0.3 is 5.97 Å². The molecule has 0 bridgehead atoms. The number of hydrogen-bond acceptors (Lipinski definition) is 3. The van der Waals surface area contributed by atoms with Crippen LogP contribution in [-0.4, -0.2) is 17.0 Å². The predicted molar refractivity (Wildman–Crippen MR) is 104 cm³/mol. The van der Waals surface area contributed by atoms with E-state index in [4.69, 9.17) is 5.11 Å². The summed E-state index contributed by atoms with van der Waals surface area (Å²) < 4.78 is 0. The third-order valence-electron chi connectivity index (χ3n) is 4.06. The second kappa shape index (κ2) is 10.9. The molecule has 0 aliphatic rings. The number of hydrogen-bond donors (Lipinski definition) is 2. The second-order valence-electron chi connectivity index (χ2n) is 6.20. The molecule has 5 heteroatoms. The monoisotopic (exact) mass is 354 g/mol. The van der Waals surface area contributed by atoms with Crippen molar-refractivity contribution in [3.63, 3.8) is 0 Å². The lowest BCUT2D eigenvalue weighted by molar-refractivity contribution is -0.137. The zero-order valence-corrected chi connectivity index (χ0v) is 14.9. The summed E-state index contributed by atoms with van der Waals surface area (Å²) in [6.45, 7) is 0. The molecule has 0 radical (unpaired) electrons. The van der Waals surface area contributed by atoms with Crippen LogP contribution in [0.15, 0.2) is 60.7 Å². The van der Waals surface area contributed by atoms with Crippen LogP contribution in [0.25, 0.3) is 0 Å². The maximum atomic E-state index is 12.7. The summed E-state index contributed by atoms with van der Waals surface area (Å²) in [7, 11) is 0. The van der Waals surface area contributed by atoms with Crippen LogP contribution in [0.1, 0.15) is 44.9 Å². The number of hydrazine groups is 1. The van der Waals surface area contributed by atoms with Crippen molar-refractivity contribution in [3.8, 4) is 0 Å². The molecule has 2 rings (SSSR count). The topological polar surface area (TPSA) is 69.6 Å². The van der Waals surface area contributed by atoms with Crippen LogP contribution in [0.2, 0.25) is 0 Å². The molecule has 2 N–H and O–H groups in total. The lowest BCUT2D eigenvalue weighted by atomic mass is 10.1. The van der Waals surface area contributed by atoms with Crippen LogP contribution in [0, 0.1) is 0 Å². The van der Waals surface area contributed by atoms with Crippen molar-refractivity contribution in [2.75, 3.05) is 10.4 Å². The number of benzene rings is 2. The van der Waals surface area contributed by atoms with Crippen molar-refractivity contribution in [2.45, 2.75) is 44.9 Å². The average Bonchev–Trinajstić information content (AvgIpc) is 2.66. The first-order valence-corrected chi connectivity index (χ1v) is 9.08. The first-order valence-electron chi connectivity index (χ1n) is 9.08. The summed E-state index contributed by atoms with van der Waals surface area (Å²) in [6, 6.07) is 19.2. The molecule has 0 aliphatic carbocycles. The molecule has 138 valence electrons. The van der Waals surface area contributed by atoms with Gasteiger partial charge in [0.25, 0.3) is 0 Å². The number of amides is 1. The standard InChI is InChI=1S/C21H26N2O3/c24-20(16-10-2-1-3-11-17-21(25)26)23(19-14-8-5-9-15-19)22-18-12-6-4-7-13-18/h4-9,12-15,22H,1-3,10-11,16-17H2,(H,25,26). The number of anilines is 2. The van der Waals surface area contributed by atoms with Crippen LogP contribution in [0.3, 0.4) is 0 Å². The zero-order chi connectivity index (χ0) is 18.6. The number of nitrogens with zero attached hydrogens (tertiary/aromatic N) is 1. The van der Waals surface area contributed by atoms with E-state index in [9.17, 15) is 9.59 Å². The van der Waals surface area contributed by atoms with Gasteiger partial charge in [0.05, 0.1) is 11.4 Å². The first-order chi connectivity index (χ1) is 12.7. The van der Waals surface area contributed by atoms with E-state index < -0.39 is 5.97 Å². The van der Waals surface area contributed by atoms with E-state index in [-0.39, 0.29) is 12.3 Å². The lowest BCUT2D eigenvalue weighted by Gasteiger charge is -2.24. The number of rotatable bonds is 11. The van der Waals surface area contributed by atoms with Gasteiger partial charge in [-0.15, -0.1) is 0 Å². The Balaban J connectivity index is 1.85. The number of carbonyl (C=O) groups is 2. The molecule has 26 heavy (non-hydrogen) atoms. The number of carboxylic acids is 1. The van der Waals surface area contributed by atoms with Crippen molar-refractivity contribution >= 4 is 23.3 Å². The van der Waals surface area contributed by atoms with Crippen LogP contribution in [-0.2, 0) is 9.59 Å². The molecule has 0 fully saturated rings. The summed E-state index contributed by atoms with van der Waals surface area (Å²) >= 11 is 0. The Morgan fingerprint density at radius 1 is 0.769 bits per heavy atom. The molecule has 2 aromatic rings. The maximum Gasteiger partial charge on any atom is 0.303 e. The van der Waals surface area contributed by atoms with Gasteiger partial charge in [-0.05, 0) is 37.1 Å². The van der Waals surface area contributed by atoms with E-state index in [1.54, 1.807) is 5.01 Å².